The van der Waals surface area contributed by atoms with Crippen molar-refractivity contribution in [3.63, 3.8) is 0 Å². The molecular weight excluding hydrogens is 422 g/mol. The van der Waals surface area contributed by atoms with Gasteiger partial charge in [0.15, 0.2) is 0 Å². The molecule has 1 fully saturated rings. The van der Waals surface area contributed by atoms with Gasteiger partial charge in [-0.3, -0.25) is 34.1 Å². The Balaban J connectivity index is 1.56. The van der Waals surface area contributed by atoms with Crippen LogP contribution in [0.25, 0.3) is 0 Å². The third-order valence-electron chi connectivity index (χ3n) is 5.32. The van der Waals surface area contributed by atoms with Crippen LogP contribution in [0.3, 0.4) is 0 Å². The molecule has 1 unspecified atom stereocenters. The average molecular weight is 441 g/mol. The number of carbonyl (C=O) groups excluding carboxylic acids is 4. The molecule has 9 nitrogen and oxygen atoms in total. The fourth-order valence-electron chi connectivity index (χ4n) is 3.73. The van der Waals surface area contributed by atoms with Gasteiger partial charge < -0.3 is 0 Å². The van der Waals surface area contributed by atoms with E-state index in [9.17, 15) is 27.6 Å². The molecule has 0 spiro atoms. The number of nitrogens with zero attached hydrogens (tertiary/aromatic N) is 1. The fourth-order valence-corrected chi connectivity index (χ4v) is 5.02. The maximum absolute atomic E-state index is 12.8. The van der Waals surface area contributed by atoms with E-state index in [-0.39, 0.29) is 35.4 Å². The van der Waals surface area contributed by atoms with Crippen LogP contribution in [0.1, 0.15) is 44.7 Å². The number of carbonyl (C=O) groups is 4. The molecule has 0 bridgehead atoms. The van der Waals surface area contributed by atoms with Gasteiger partial charge in [-0.25, -0.2) is 8.42 Å². The third kappa shape index (κ3) is 3.93. The van der Waals surface area contributed by atoms with Gasteiger partial charge in [0.25, 0.3) is 11.8 Å². The van der Waals surface area contributed by atoms with Crippen LogP contribution in [0.15, 0.2) is 42.5 Å². The molecule has 0 aromatic heterocycles. The minimum atomic E-state index is -3.77. The number of benzene rings is 2. The highest BCUT2D eigenvalue weighted by Crippen LogP contribution is 2.30. The van der Waals surface area contributed by atoms with Gasteiger partial charge in [-0.05, 0) is 42.7 Å². The van der Waals surface area contributed by atoms with Crippen LogP contribution in [-0.2, 0) is 25.4 Å². The summed E-state index contributed by atoms with van der Waals surface area (Å²) in [4.78, 5) is 49.9. The van der Waals surface area contributed by atoms with Crippen molar-refractivity contribution in [3.8, 4) is 0 Å². The van der Waals surface area contributed by atoms with E-state index in [0.29, 0.717) is 5.56 Å². The summed E-state index contributed by atoms with van der Waals surface area (Å²) in [5, 5.41) is 2.13. The number of anilines is 1. The molecule has 2 aliphatic rings. The van der Waals surface area contributed by atoms with Gasteiger partial charge in [-0.15, -0.1) is 0 Å². The summed E-state index contributed by atoms with van der Waals surface area (Å²) in [6.45, 7) is 1.81. The number of aryl methyl sites for hydroxylation is 1. The smallest absolute Gasteiger partial charge is 0.262 e. The Kier molecular flexibility index (Phi) is 5.10. The molecule has 2 aromatic rings. The Bertz CT molecular complexity index is 1240. The van der Waals surface area contributed by atoms with Gasteiger partial charge in [-0.2, -0.15) is 0 Å². The maximum Gasteiger partial charge on any atom is 0.262 e. The summed E-state index contributed by atoms with van der Waals surface area (Å²) < 4.78 is 27.6. The second-order valence-corrected chi connectivity index (χ2v) is 9.22. The van der Waals surface area contributed by atoms with Crippen molar-refractivity contribution in [2.24, 2.45) is 0 Å². The number of hydrogen-bond donors (Lipinski definition) is 2. The minimum absolute atomic E-state index is 0.00536. The Hall–Kier alpha value is -3.53. The monoisotopic (exact) mass is 441 g/mol. The zero-order valence-corrected chi connectivity index (χ0v) is 17.4. The van der Waals surface area contributed by atoms with Crippen molar-refractivity contribution in [2.75, 3.05) is 4.72 Å². The standard InChI is InChI=1S/C21H19N3O6S/c1-12-4-2-3-5-13(12)11-31(29,30)23-14-6-7-15-16(10-14)21(28)24(20(15)27)17-8-9-18(25)22-19(17)26/h2-7,10,17,23H,8-9,11H2,1H3,(H,22,25,26). The highest BCUT2D eigenvalue weighted by Gasteiger charge is 2.44. The molecule has 0 aliphatic carbocycles. The first-order chi connectivity index (χ1) is 14.7. The predicted octanol–water partition coefficient (Wildman–Crippen LogP) is 1.34. The molecule has 2 aromatic carbocycles. The van der Waals surface area contributed by atoms with Crippen LogP contribution >= 0.6 is 0 Å². The summed E-state index contributed by atoms with van der Waals surface area (Å²) in [6, 6.07) is 10.1. The number of imide groups is 2. The van der Waals surface area contributed by atoms with E-state index in [1.807, 2.05) is 19.1 Å². The van der Waals surface area contributed by atoms with Crippen LogP contribution < -0.4 is 10.0 Å². The molecule has 2 heterocycles. The predicted molar refractivity (Wildman–Crippen MR) is 111 cm³/mol. The van der Waals surface area contributed by atoms with Gasteiger partial charge in [0, 0.05) is 12.1 Å². The van der Waals surface area contributed by atoms with Crippen LogP contribution in [0, 0.1) is 6.92 Å². The van der Waals surface area contributed by atoms with E-state index in [1.165, 1.54) is 18.2 Å². The number of rotatable bonds is 5. The number of piperidine rings is 1. The van der Waals surface area contributed by atoms with E-state index in [4.69, 9.17) is 0 Å². The Morgan fingerprint density at radius 2 is 1.74 bits per heavy atom. The molecule has 160 valence electrons. The quantitative estimate of drug-likeness (QED) is 0.674. The number of nitrogens with one attached hydrogen (secondary N) is 2. The Morgan fingerprint density at radius 1 is 1.03 bits per heavy atom. The second kappa shape index (κ2) is 7.62. The number of sulfonamides is 1. The number of amides is 4. The first-order valence-corrected chi connectivity index (χ1v) is 11.2. The number of fused-ring (bicyclic) bond motifs is 1. The molecule has 4 rings (SSSR count). The van der Waals surface area contributed by atoms with E-state index >= 15 is 0 Å². The maximum atomic E-state index is 12.8. The summed E-state index contributed by atoms with van der Waals surface area (Å²) in [7, 11) is -3.77. The van der Waals surface area contributed by atoms with Crippen molar-refractivity contribution in [1.29, 1.82) is 0 Å². The average Bonchev–Trinajstić information content (AvgIpc) is 2.94. The van der Waals surface area contributed by atoms with E-state index in [1.54, 1.807) is 12.1 Å². The zero-order chi connectivity index (χ0) is 22.3. The molecule has 1 atom stereocenters. The van der Waals surface area contributed by atoms with Crippen molar-refractivity contribution in [3.05, 3.63) is 64.7 Å². The van der Waals surface area contributed by atoms with Gasteiger partial charge in [0.1, 0.15) is 6.04 Å². The third-order valence-corrected chi connectivity index (χ3v) is 6.56. The molecule has 0 saturated carbocycles. The van der Waals surface area contributed by atoms with Crippen molar-refractivity contribution >= 4 is 39.3 Å². The molecule has 4 amide bonds. The lowest BCUT2D eigenvalue weighted by Gasteiger charge is -2.27. The second-order valence-electron chi connectivity index (χ2n) is 7.50. The normalized spacial score (nSPS) is 18.7. The van der Waals surface area contributed by atoms with Gasteiger partial charge in [0.2, 0.25) is 21.8 Å². The van der Waals surface area contributed by atoms with Crippen LogP contribution in [-0.4, -0.2) is 43.0 Å². The highest BCUT2D eigenvalue weighted by molar-refractivity contribution is 7.91. The topological polar surface area (TPSA) is 130 Å². The molecule has 31 heavy (non-hydrogen) atoms. The van der Waals surface area contributed by atoms with Crippen LogP contribution in [0.2, 0.25) is 0 Å². The minimum Gasteiger partial charge on any atom is -0.295 e. The van der Waals surface area contributed by atoms with Crippen molar-refractivity contribution < 1.29 is 27.6 Å². The van der Waals surface area contributed by atoms with Crippen molar-refractivity contribution in [1.82, 2.24) is 10.2 Å². The molecule has 1 saturated heterocycles. The lowest BCUT2D eigenvalue weighted by molar-refractivity contribution is -0.136. The molecule has 2 N–H and O–H groups in total. The molecule has 0 radical (unpaired) electrons. The summed E-state index contributed by atoms with van der Waals surface area (Å²) >= 11 is 0. The molecular formula is C21H19N3O6S. The number of hydrogen-bond acceptors (Lipinski definition) is 6. The molecule has 10 heteroatoms. The lowest BCUT2D eigenvalue weighted by Crippen LogP contribution is -2.54. The van der Waals surface area contributed by atoms with Gasteiger partial charge >= 0.3 is 0 Å². The van der Waals surface area contributed by atoms with Gasteiger partial charge in [0.05, 0.1) is 16.9 Å². The van der Waals surface area contributed by atoms with Gasteiger partial charge in [-0.1, -0.05) is 24.3 Å². The first kappa shape index (κ1) is 20.7. The first-order valence-electron chi connectivity index (χ1n) is 9.57. The fraction of sp³-hybridized carbons (Fsp3) is 0.238. The summed E-state index contributed by atoms with van der Waals surface area (Å²) in [5.41, 5.74) is 1.70. The summed E-state index contributed by atoms with van der Waals surface area (Å²) in [6.07, 6.45) is 0.0693. The van der Waals surface area contributed by atoms with Crippen LogP contribution in [0.4, 0.5) is 5.69 Å². The largest absolute Gasteiger partial charge is 0.295 e. The van der Waals surface area contributed by atoms with Crippen LogP contribution in [0.5, 0.6) is 0 Å². The Morgan fingerprint density at radius 3 is 2.45 bits per heavy atom. The summed E-state index contributed by atoms with van der Waals surface area (Å²) in [5.74, 6) is -2.75. The van der Waals surface area contributed by atoms with E-state index in [2.05, 4.69) is 10.0 Å². The zero-order valence-electron chi connectivity index (χ0n) is 16.5. The molecule has 2 aliphatic heterocycles. The Labute approximate surface area is 178 Å². The van der Waals surface area contributed by atoms with E-state index < -0.39 is 39.7 Å². The lowest BCUT2D eigenvalue weighted by atomic mass is 10.0. The SMILES string of the molecule is Cc1ccccc1CS(=O)(=O)Nc1ccc2c(c1)C(=O)N(C1CCC(=O)NC1=O)C2=O. The van der Waals surface area contributed by atoms with E-state index in [0.717, 1.165) is 10.5 Å². The van der Waals surface area contributed by atoms with Crippen molar-refractivity contribution in [2.45, 2.75) is 31.6 Å². The highest BCUT2D eigenvalue weighted by atomic mass is 32.2.